The van der Waals surface area contributed by atoms with E-state index in [1.165, 1.54) is 11.6 Å². The number of fused-ring (bicyclic) bond motifs is 2. The lowest BCUT2D eigenvalue weighted by molar-refractivity contribution is -0.124. The SMILES string of the molecule is Cn1c2c(c(=O)n(C)c1=O)[C@@H](c1ccccc1)[C@@H]1C(=O)CC(C)(C)CC1=N2. The third kappa shape index (κ3) is 2.62. The number of carbonyl (C=O) groups excluding carboxylic acids is 1. The van der Waals surface area contributed by atoms with Crippen LogP contribution in [-0.2, 0) is 18.9 Å². The summed E-state index contributed by atoms with van der Waals surface area (Å²) in [6.07, 6.45) is 1.14. The molecule has 140 valence electrons. The van der Waals surface area contributed by atoms with E-state index in [9.17, 15) is 14.4 Å². The van der Waals surface area contributed by atoms with Crippen molar-refractivity contribution in [2.75, 3.05) is 0 Å². The van der Waals surface area contributed by atoms with Gasteiger partial charge in [-0.2, -0.15) is 0 Å². The van der Waals surface area contributed by atoms with Crippen LogP contribution in [0.25, 0.3) is 0 Å². The Morgan fingerprint density at radius 1 is 0.963 bits per heavy atom. The van der Waals surface area contributed by atoms with Gasteiger partial charge in [0.2, 0.25) is 0 Å². The molecule has 0 saturated heterocycles. The lowest BCUT2D eigenvalue weighted by Crippen LogP contribution is -2.47. The Morgan fingerprint density at radius 3 is 2.30 bits per heavy atom. The molecule has 0 bridgehead atoms. The molecule has 1 aliphatic heterocycles. The molecule has 6 nitrogen and oxygen atoms in total. The fourth-order valence-corrected chi connectivity index (χ4v) is 4.51. The first-order valence-electron chi connectivity index (χ1n) is 9.16. The summed E-state index contributed by atoms with van der Waals surface area (Å²) < 4.78 is 2.52. The molecule has 4 rings (SSSR count). The number of hydrogen-bond donors (Lipinski definition) is 0. The molecule has 1 aromatic heterocycles. The molecule has 2 aromatic rings. The predicted molar refractivity (Wildman–Crippen MR) is 104 cm³/mol. The summed E-state index contributed by atoms with van der Waals surface area (Å²) >= 11 is 0. The van der Waals surface area contributed by atoms with E-state index in [1.54, 1.807) is 7.05 Å². The maximum atomic E-state index is 13.1. The van der Waals surface area contributed by atoms with Gasteiger partial charge in [0, 0.05) is 32.1 Å². The molecule has 0 spiro atoms. The van der Waals surface area contributed by atoms with Crippen molar-refractivity contribution in [2.24, 2.45) is 30.4 Å². The molecule has 0 amide bonds. The van der Waals surface area contributed by atoms with Gasteiger partial charge in [0.05, 0.1) is 11.5 Å². The molecular formula is C21H23N3O3. The average molecular weight is 365 g/mol. The van der Waals surface area contributed by atoms with Crippen molar-refractivity contribution >= 4 is 17.3 Å². The number of hydrogen-bond acceptors (Lipinski definition) is 4. The van der Waals surface area contributed by atoms with Gasteiger partial charge in [-0.25, -0.2) is 9.79 Å². The summed E-state index contributed by atoms with van der Waals surface area (Å²) in [6, 6.07) is 9.60. The lowest BCUT2D eigenvalue weighted by Gasteiger charge is -2.40. The van der Waals surface area contributed by atoms with Crippen LogP contribution in [0.5, 0.6) is 0 Å². The van der Waals surface area contributed by atoms with Gasteiger partial charge >= 0.3 is 5.69 Å². The van der Waals surface area contributed by atoms with Gasteiger partial charge in [-0.3, -0.25) is 18.7 Å². The Morgan fingerprint density at radius 2 is 1.63 bits per heavy atom. The highest BCUT2D eigenvalue weighted by Gasteiger charge is 2.47. The highest BCUT2D eigenvalue weighted by Crippen LogP contribution is 2.47. The Labute approximate surface area is 157 Å². The first-order valence-corrected chi connectivity index (χ1v) is 9.16. The second kappa shape index (κ2) is 5.87. The number of carbonyl (C=O) groups is 1. The molecule has 2 atom stereocenters. The number of aliphatic imine (C=N–C) groups is 1. The first-order chi connectivity index (χ1) is 12.7. The third-order valence-corrected chi connectivity index (χ3v) is 5.74. The Bertz CT molecular complexity index is 1090. The molecule has 0 N–H and O–H groups in total. The quantitative estimate of drug-likeness (QED) is 0.778. The normalized spacial score (nSPS) is 23.4. The van der Waals surface area contributed by atoms with Crippen molar-refractivity contribution in [1.82, 2.24) is 9.13 Å². The number of nitrogens with zero attached hydrogens (tertiary/aromatic N) is 3. The van der Waals surface area contributed by atoms with Crippen molar-refractivity contribution in [3.8, 4) is 0 Å². The summed E-state index contributed by atoms with van der Waals surface area (Å²) in [5, 5.41) is 0. The molecule has 0 radical (unpaired) electrons. The van der Waals surface area contributed by atoms with Crippen LogP contribution in [0, 0.1) is 11.3 Å². The number of benzene rings is 1. The van der Waals surface area contributed by atoms with Gasteiger partial charge in [0.25, 0.3) is 5.56 Å². The molecule has 1 aromatic carbocycles. The van der Waals surface area contributed by atoms with Crippen molar-refractivity contribution in [1.29, 1.82) is 0 Å². The van der Waals surface area contributed by atoms with E-state index >= 15 is 0 Å². The van der Waals surface area contributed by atoms with Crippen molar-refractivity contribution in [2.45, 2.75) is 32.6 Å². The molecular weight excluding hydrogens is 342 g/mol. The van der Waals surface area contributed by atoms with Crippen LogP contribution in [0.4, 0.5) is 5.82 Å². The zero-order valence-electron chi connectivity index (χ0n) is 16.0. The highest BCUT2D eigenvalue weighted by molar-refractivity contribution is 6.11. The summed E-state index contributed by atoms with van der Waals surface area (Å²) in [7, 11) is 3.10. The average Bonchev–Trinajstić information content (AvgIpc) is 2.62. The molecule has 2 aliphatic rings. The van der Waals surface area contributed by atoms with E-state index in [1.807, 2.05) is 30.3 Å². The van der Waals surface area contributed by atoms with E-state index in [2.05, 4.69) is 13.8 Å². The van der Waals surface area contributed by atoms with Gasteiger partial charge < -0.3 is 0 Å². The van der Waals surface area contributed by atoms with E-state index in [-0.39, 0.29) is 16.8 Å². The van der Waals surface area contributed by atoms with Crippen molar-refractivity contribution in [3.63, 3.8) is 0 Å². The highest BCUT2D eigenvalue weighted by atomic mass is 16.2. The Hall–Kier alpha value is -2.76. The topological polar surface area (TPSA) is 73.4 Å². The fourth-order valence-electron chi connectivity index (χ4n) is 4.51. The first kappa shape index (κ1) is 17.6. The summed E-state index contributed by atoms with van der Waals surface area (Å²) in [5.41, 5.74) is 1.16. The Kier molecular flexibility index (Phi) is 3.84. The molecule has 27 heavy (non-hydrogen) atoms. The number of aromatic nitrogens is 2. The van der Waals surface area contributed by atoms with Crippen molar-refractivity contribution < 1.29 is 4.79 Å². The summed E-state index contributed by atoms with van der Waals surface area (Å²) in [5.74, 6) is -0.366. The van der Waals surface area contributed by atoms with Crippen LogP contribution >= 0.6 is 0 Å². The smallest absolute Gasteiger partial charge is 0.299 e. The number of ketones is 1. The van der Waals surface area contributed by atoms with Gasteiger partial charge in [-0.15, -0.1) is 0 Å². The molecule has 1 saturated carbocycles. The number of rotatable bonds is 1. The standard InChI is InChI=1S/C21H23N3O3/c1-21(2)10-13-16(14(25)11-21)15(12-8-6-5-7-9-12)17-18(22-13)23(3)20(27)24(4)19(17)26/h5-9,15-16H,10-11H2,1-4H3/t15-,16-/m0/s1. The number of Topliss-reactive ketones (excluding diaryl/α,β-unsaturated/α-hetero) is 1. The second-order valence-electron chi connectivity index (χ2n) is 8.40. The van der Waals surface area contributed by atoms with Gasteiger partial charge in [0.15, 0.2) is 0 Å². The lowest BCUT2D eigenvalue weighted by atomic mass is 9.64. The van der Waals surface area contributed by atoms with Gasteiger partial charge in [-0.05, 0) is 17.4 Å². The molecule has 0 unspecified atom stereocenters. The molecule has 1 fully saturated rings. The minimum atomic E-state index is -0.446. The summed E-state index contributed by atoms with van der Waals surface area (Å²) in [4.78, 5) is 43.3. The van der Waals surface area contributed by atoms with E-state index in [0.717, 1.165) is 15.8 Å². The molecule has 1 aliphatic carbocycles. The largest absolute Gasteiger partial charge is 0.332 e. The fraction of sp³-hybridized carbons (Fsp3) is 0.429. The van der Waals surface area contributed by atoms with Gasteiger partial charge in [-0.1, -0.05) is 44.2 Å². The zero-order valence-corrected chi connectivity index (χ0v) is 16.0. The minimum Gasteiger partial charge on any atom is -0.299 e. The van der Waals surface area contributed by atoms with Crippen LogP contribution in [0.15, 0.2) is 44.9 Å². The minimum absolute atomic E-state index is 0.111. The van der Waals surface area contributed by atoms with E-state index < -0.39 is 17.5 Å². The second-order valence-corrected chi connectivity index (χ2v) is 8.40. The Balaban J connectivity index is 2.08. The van der Waals surface area contributed by atoms with Gasteiger partial charge in [0.1, 0.15) is 11.6 Å². The van der Waals surface area contributed by atoms with Crippen molar-refractivity contribution in [3.05, 3.63) is 62.3 Å². The molecule has 6 heteroatoms. The van der Waals surface area contributed by atoms with Crippen LogP contribution < -0.4 is 11.2 Å². The van der Waals surface area contributed by atoms with E-state index in [4.69, 9.17) is 4.99 Å². The zero-order chi connectivity index (χ0) is 19.5. The van der Waals surface area contributed by atoms with Crippen LogP contribution in [-0.4, -0.2) is 20.6 Å². The maximum Gasteiger partial charge on any atom is 0.332 e. The maximum absolute atomic E-state index is 13.1. The van der Waals surface area contributed by atoms with E-state index in [0.29, 0.717) is 24.2 Å². The van der Waals surface area contributed by atoms with Crippen LogP contribution in [0.3, 0.4) is 0 Å². The predicted octanol–water partition coefficient (Wildman–Crippen LogP) is 2.31. The summed E-state index contributed by atoms with van der Waals surface area (Å²) in [6.45, 7) is 4.11. The molecule has 2 heterocycles. The monoisotopic (exact) mass is 365 g/mol. The van der Waals surface area contributed by atoms with Crippen LogP contribution in [0.2, 0.25) is 0 Å². The third-order valence-electron chi connectivity index (χ3n) is 5.74. The van der Waals surface area contributed by atoms with Crippen LogP contribution in [0.1, 0.15) is 43.7 Å².